The van der Waals surface area contributed by atoms with Crippen molar-refractivity contribution in [2.45, 2.75) is 0 Å². The summed E-state index contributed by atoms with van der Waals surface area (Å²) in [4.78, 5) is 30.5. The van der Waals surface area contributed by atoms with Gasteiger partial charge in [-0.25, -0.2) is 4.98 Å². The molecule has 0 N–H and O–H groups in total. The highest BCUT2D eigenvalue weighted by atomic mass is 35.5. The number of halogens is 1. The molecule has 0 aliphatic rings. The third kappa shape index (κ3) is 3.94. The van der Waals surface area contributed by atoms with E-state index < -0.39 is 0 Å². The van der Waals surface area contributed by atoms with E-state index in [2.05, 4.69) is 9.97 Å². The lowest BCUT2D eigenvalue weighted by atomic mass is 10.1. The number of fused-ring (bicyclic) bond motifs is 2. The smallest absolute Gasteiger partial charge is 0.260 e. The van der Waals surface area contributed by atoms with E-state index in [1.165, 1.54) is 11.3 Å². The molecule has 30 heavy (non-hydrogen) atoms. The summed E-state index contributed by atoms with van der Waals surface area (Å²) in [5, 5.41) is 1.15. The van der Waals surface area contributed by atoms with Gasteiger partial charge in [-0.15, -0.1) is 0 Å². The zero-order valence-corrected chi connectivity index (χ0v) is 18.4. The van der Waals surface area contributed by atoms with Crippen LogP contribution in [0, 0.1) is 0 Å². The Balaban J connectivity index is 1.78. The number of nitrogens with zero attached hydrogens (tertiary/aromatic N) is 5. The van der Waals surface area contributed by atoms with Crippen LogP contribution in [-0.2, 0) is 0 Å². The maximum Gasteiger partial charge on any atom is 0.260 e. The van der Waals surface area contributed by atoms with Gasteiger partial charge in [0.25, 0.3) is 5.91 Å². The number of likely N-dealkylation sites (N-methyl/N-ethyl adjacent to an activating group) is 1. The summed E-state index contributed by atoms with van der Waals surface area (Å²) in [6, 6.07) is 8.88. The monoisotopic (exact) mass is 441 g/mol. The Labute approximate surface area is 182 Å². The number of carbonyl (C=O) groups is 1. The van der Waals surface area contributed by atoms with E-state index in [0.717, 1.165) is 10.2 Å². The fraction of sp³-hybridized carbons (Fsp3) is 0.238. The van der Waals surface area contributed by atoms with Crippen molar-refractivity contribution in [3.63, 3.8) is 0 Å². The van der Waals surface area contributed by atoms with E-state index in [0.29, 0.717) is 45.6 Å². The van der Waals surface area contributed by atoms with Crippen molar-refractivity contribution in [1.82, 2.24) is 19.9 Å². The molecule has 0 saturated heterocycles. The van der Waals surface area contributed by atoms with Gasteiger partial charge in [0.15, 0.2) is 5.13 Å². The summed E-state index contributed by atoms with van der Waals surface area (Å²) >= 11 is 7.76. The number of hydrogen-bond acceptors (Lipinski definition) is 7. The van der Waals surface area contributed by atoms with Crippen molar-refractivity contribution in [3.8, 4) is 5.75 Å². The highest BCUT2D eigenvalue weighted by Crippen LogP contribution is 2.39. The molecule has 0 aliphatic heterocycles. The molecule has 9 heteroatoms. The van der Waals surface area contributed by atoms with Crippen LogP contribution in [0.4, 0.5) is 5.13 Å². The van der Waals surface area contributed by atoms with Crippen LogP contribution in [0.2, 0.25) is 5.02 Å². The zero-order valence-electron chi connectivity index (χ0n) is 16.8. The molecule has 0 spiro atoms. The van der Waals surface area contributed by atoms with E-state index >= 15 is 0 Å². The Morgan fingerprint density at radius 1 is 1.10 bits per heavy atom. The predicted molar refractivity (Wildman–Crippen MR) is 121 cm³/mol. The Morgan fingerprint density at radius 3 is 2.60 bits per heavy atom. The second-order valence-electron chi connectivity index (χ2n) is 6.94. The van der Waals surface area contributed by atoms with E-state index in [1.807, 2.05) is 19.0 Å². The average molecular weight is 442 g/mol. The molecule has 0 radical (unpaired) electrons. The third-order valence-corrected chi connectivity index (χ3v) is 6.17. The predicted octanol–water partition coefficient (Wildman–Crippen LogP) is 4.11. The third-order valence-electron chi connectivity index (χ3n) is 4.63. The molecular formula is C21H20ClN5O2S. The van der Waals surface area contributed by atoms with Crippen molar-refractivity contribution >= 4 is 55.2 Å². The quantitative estimate of drug-likeness (QED) is 0.448. The lowest BCUT2D eigenvalue weighted by Crippen LogP contribution is -2.36. The zero-order chi connectivity index (χ0) is 21.3. The molecule has 2 heterocycles. The maximum absolute atomic E-state index is 13.5. The average Bonchev–Trinajstić information content (AvgIpc) is 3.19. The molecule has 2 aromatic heterocycles. The Kier molecular flexibility index (Phi) is 5.80. The van der Waals surface area contributed by atoms with Crippen molar-refractivity contribution in [2.75, 3.05) is 39.2 Å². The number of aromatic nitrogens is 3. The summed E-state index contributed by atoms with van der Waals surface area (Å²) in [5.74, 6) is 0.469. The van der Waals surface area contributed by atoms with Gasteiger partial charge in [0.05, 0.1) is 27.9 Å². The van der Waals surface area contributed by atoms with Crippen molar-refractivity contribution < 1.29 is 9.53 Å². The van der Waals surface area contributed by atoms with Gasteiger partial charge in [0, 0.05) is 31.0 Å². The molecule has 1 amide bonds. The number of anilines is 1. The van der Waals surface area contributed by atoms with Crippen LogP contribution >= 0.6 is 22.9 Å². The number of carbonyl (C=O) groups excluding carboxylic acids is 1. The van der Waals surface area contributed by atoms with Crippen LogP contribution in [0.15, 0.2) is 42.7 Å². The fourth-order valence-electron chi connectivity index (χ4n) is 3.06. The van der Waals surface area contributed by atoms with Crippen LogP contribution < -0.4 is 9.64 Å². The summed E-state index contributed by atoms with van der Waals surface area (Å²) in [5.41, 5.74) is 2.59. The van der Waals surface area contributed by atoms with Crippen LogP contribution in [0.5, 0.6) is 5.75 Å². The molecule has 2 aromatic carbocycles. The number of methoxy groups -OCH3 is 1. The molecule has 4 rings (SSSR count). The van der Waals surface area contributed by atoms with E-state index in [4.69, 9.17) is 21.3 Å². The molecule has 0 fully saturated rings. The van der Waals surface area contributed by atoms with Crippen LogP contribution in [0.1, 0.15) is 10.4 Å². The van der Waals surface area contributed by atoms with E-state index in [9.17, 15) is 4.79 Å². The standard InChI is InChI=1S/C21H20ClN5O2S/c1-26(2)10-11-27(20(28)13-4-6-15-16(12-13)24-9-8-23-15)21-25-18-17(29-3)7-5-14(22)19(18)30-21/h4-9,12H,10-11H2,1-3H3. The molecule has 0 unspecified atom stereocenters. The van der Waals surface area contributed by atoms with Gasteiger partial charge in [-0.05, 0) is 44.4 Å². The number of hydrogen-bond donors (Lipinski definition) is 0. The van der Waals surface area contributed by atoms with Crippen LogP contribution in [0.25, 0.3) is 21.3 Å². The normalized spacial score (nSPS) is 11.4. The van der Waals surface area contributed by atoms with Crippen LogP contribution in [0.3, 0.4) is 0 Å². The minimum Gasteiger partial charge on any atom is -0.494 e. The van der Waals surface area contributed by atoms with E-state index in [1.54, 1.807) is 54.7 Å². The number of ether oxygens (including phenoxy) is 1. The lowest BCUT2D eigenvalue weighted by molar-refractivity contribution is 0.0985. The summed E-state index contributed by atoms with van der Waals surface area (Å²) in [6.07, 6.45) is 3.24. The second-order valence-corrected chi connectivity index (χ2v) is 8.33. The highest BCUT2D eigenvalue weighted by Gasteiger charge is 2.23. The van der Waals surface area contributed by atoms with Gasteiger partial charge < -0.3 is 9.64 Å². The highest BCUT2D eigenvalue weighted by molar-refractivity contribution is 7.23. The topological polar surface area (TPSA) is 71.5 Å². The molecule has 0 bridgehead atoms. The minimum absolute atomic E-state index is 0.154. The summed E-state index contributed by atoms with van der Waals surface area (Å²) in [6.45, 7) is 1.16. The molecule has 7 nitrogen and oxygen atoms in total. The molecule has 0 aliphatic carbocycles. The number of benzene rings is 2. The SMILES string of the molecule is COc1ccc(Cl)c2sc(N(CCN(C)C)C(=O)c3ccc4nccnc4c3)nc12. The van der Waals surface area contributed by atoms with Gasteiger partial charge in [0.1, 0.15) is 11.3 Å². The largest absolute Gasteiger partial charge is 0.494 e. The summed E-state index contributed by atoms with van der Waals surface area (Å²) < 4.78 is 6.22. The number of rotatable bonds is 6. The first-order valence-electron chi connectivity index (χ1n) is 9.28. The number of thiazole rings is 1. The summed E-state index contributed by atoms with van der Waals surface area (Å²) in [7, 11) is 5.52. The van der Waals surface area contributed by atoms with Gasteiger partial charge in [-0.1, -0.05) is 22.9 Å². The van der Waals surface area contributed by atoms with Gasteiger partial charge in [-0.3, -0.25) is 19.7 Å². The number of amides is 1. The lowest BCUT2D eigenvalue weighted by Gasteiger charge is -2.22. The molecule has 0 saturated carbocycles. The molecule has 154 valence electrons. The minimum atomic E-state index is -0.154. The van der Waals surface area contributed by atoms with E-state index in [-0.39, 0.29) is 5.91 Å². The Bertz CT molecular complexity index is 1230. The first-order chi connectivity index (χ1) is 14.5. The Hall–Kier alpha value is -2.81. The molecule has 0 atom stereocenters. The van der Waals surface area contributed by atoms with Gasteiger partial charge >= 0.3 is 0 Å². The Morgan fingerprint density at radius 2 is 1.87 bits per heavy atom. The van der Waals surface area contributed by atoms with Gasteiger partial charge in [-0.2, -0.15) is 0 Å². The van der Waals surface area contributed by atoms with Crippen LogP contribution in [-0.4, -0.2) is 60.1 Å². The fourth-order valence-corrected chi connectivity index (χ4v) is 4.34. The van der Waals surface area contributed by atoms with Crippen molar-refractivity contribution in [1.29, 1.82) is 0 Å². The van der Waals surface area contributed by atoms with Gasteiger partial charge in [0.2, 0.25) is 0 Å². The van der Waals surface area contributed by atoms with Crippen molar-refractivity contribution in [3.05, 3.63) is 53.3 Å². The first-order valence-corrected chi connectivity index (χ1v) is 10.5. The molecular weight excluding hydrogens is 422 g/mol. The molecule has 4 aromatic rings. The second kappa shape index (κ2) is 8.51. The maximum atomic E-state index is 13.5. The van der Waals surface area contributed by atoms with Crippen molar-refractivity contribution in [2.24, 2.45) is 0 Å². The first kappa shape index (κ1) is 20.5.